The summed E-state index contributed by atoms with van der Waals surface area (Å²) in [5.74, 6) is -0.378. The van der Waals surface area contributed by atoms with E-state index in [1.165, 1.54) is 6.33 Å². The monoisotopic (exact) mass is 450 g/mol. The van der Waals surface area contributed by atoms with Crippen LogP contribution in [0.3, 0.4) is 0 Å². The van der Waals surface area contributed by atoms with Crippen LogP contribution in [0.4, 0.5) is 11.5 Å². The number of hydrogen-bond donors (Lipinski definition) is 1. The summed E-state index contributed by atoms with van der Waals surface area (Å²) in [7, 11) is 0. The molecular weight excluding hydrogens is 428 g/mol. The van der Waals surface area contributed by atoms with E-state index in [4.69, 9.17) is 9.47 Å². The van der Waals surface area contributed by atoms with E-state index in [9.17, 15) is 20.0 Å². The van der Waals surface area contributed by atoms with Crippen molar-refractivity contribution in [2.45, 2.75) is 19.4 Å². The second kappa shape index (κ2) is 9.94. The summed E-state index contributed by atoms with van der Waals surface area (Å²) in [5, 5.41) is 21.0. The molecule has 0 amide bonds. The molecule has 1 fully saturated rings. The SMILES string of the molecule is O=C(O)C1CCN(c2ncnc(Oc3ccc(OCc4ccccc4)cc3)c2[N+](=O)[O-])CC1. The molecule has 0 radical (unpaired) electrons. The Bertz CT molecular complexity index is 1120. The molecule has 170 valence electrons. The van der Waals surface area contributed by atoms with Crippen molar-refractivity contribution in [3.8, 4) is 17.4 Å². The molecule has 1 N–H and O–H groups in total. The van der Waals surface area contributed by atoms with Gasteiger partial charge in [-0.25, -0.2) is 4.98 Å². The highest BCUT2D eigenvalue weighted by atomic mass is 16.6. The Hall–Kier alpha value is -4.21. The third kappa shape index (κ3) is 5.35. The Morgan fingerprint density at radius 2 is 1.73 bits per heavy atom. The molecule has 0 saturated carbocycles. The van der Waals surface area contributed by atoms with Crippen molar-refractivity contribution in [2.24, 2.45) is 5.92 Å². The molecule has 10 nitrogen and oxygen atoms in total. The number of ether oxygens (including phenoxy) is 2. The van der Waals surface area contributed by atoms with Crippen LogP contribution < -0.4 is 14.4 Å². The van der Waals surface area contributed by atoms with Gasteiger partial charge in [-0.05, 0) is 42.7 Å². The summed E-state index contributed by atoms with van der Waals surface area (Å²) >= 11 is 0. The van der Waals surface area contributed by atoms with Crippen molar-refractivity contribution in [3.63, 3.8) is 0 Å². The Kier molecular flexibility index (Phi) is 6.63. The summed E-state index contributed by atoms with van der Waals surface area (Å²) in [6.07, 6.45) is 1.98. The number of piperidine rings is 1. The van der Waals surface area contributed by atoms with Gasteiger partial charge in [-0.2, -0.15) is 4.98 Å². The largest absolute Gasteiger partial charge is 0.489 e. The lowest BCUT2D eigenvalue weighted by Gasteiger charge is -2.30. The van der Waals surface area contributed by atoms with Gasteiger partial charge < -0.3 is 19.5 Å². The smallest absolute Gasteiger partial charge is 0.373 e. The quantitative estimate of drug-likeness (QED) is 0.399. The van der Waals surface area contributed by atoms with E-state index in [1.54, 1.807) is 29.2 Å². The van der Waals surface area contributed by atoms with E-state index in [1.807, 2.05) is 30.3 Å². The van der Waals surface area contributed by atoms with Gasteiger partial charge >= 0.3 is 17.5 Å². The van der Waals surface area contributed by atoms with E-state index in [2.05, 4.69) is 9.97 Å². The summed E-state index contributed by atoms with van der Waals surface area (Å²) in [6.45, 7) is 1.11. The van der Waals surface area contributed by atoms with Crippen LogP contribution in [0.2, 0.25) is 0 Å². The molecule has 0 unspecified atom stereocenters. The molecule has 1 aliphatic heterocycles. The lowest BCUT2D eigenvalue weighted by molar-refractivity contribution is -0.385. The standard InChI is InChI=1S/C23H22N4O6/c28-23(29)17-10-12-26(13-11-17)21-20(27(30)31)22(25-15-24-21)33-19-8-6-18(7-9-19)32-14-16-4-2-1-3-5-16/h1-9,15,17H,10-14H2,(H,28,29). The number of rotatable bonds is 8. The topological polar surface area (TPSA) is 128 Å². The molecule has 33 heavy (non-hydrogen) atoms. The molecule has 3 aromatic rings. The van der Waals surface area contributed by atoms with Crippen LogP contribution in [0.1, 0.15) is 18.4 Å². The highest BCUT2D eigenvalue weighted by molar-refractivity contribution is 5.71. The Morgan fingerprint density at radius 3 is 2.36 bits per heavy atom. The number of carbonyl (C=O) groups is 1. The fraction of sp³-hybridized carbons (Fsp3) is 0.261. The lowest BCUT2D eigenvalue weighted by Crippen LogP contribution is -2.37. The average molecular weight is 450 g/mol. The molecule has 4 rings (SSSR count). The lowest BCUT2D eigenvalue weighted by atomic mass is 9.97. The van der Waals surface area contributed by atoms with Gasteiger partial charge in [0.05, 0.1) is 10.8 Å². The Balaban J connectivity index is 1.47. The average Bonchev–Trinajstić information content (AvgIpc) is 2.84. The molecule has 1 aromatic heterocycles. The fourth-order valence-electron chi connectivity index (χ4n) is 3.61. The number of aliphatic carboxylic acids is 1. The van der Waals surface area contributed by atoms with Gasteiger partial charge in [0.2, 0.25) is 5.82 Å². The third-order valence-electron chi connectivity index (χ3n) is 5.38. The van der Waals surface area contributed by atoms with Gasteiger partial charge in [-0.1, -0.05) is 30.3 Å². The first-order valence-electron chi connectivity index (χ1n) is 10.4. The van der Waals surface area contributed by atoms with Crippen molar-refractivity contribution in [1.82, 2.24) is 9.97 Å². The molecule has 0 bridgehead atoms. The van der Waals surface area contributed by atoms with E-state index in [0.717, 1.165) is 5.56 Å². The molecule has 2 aromatic carbocycles. The fourth-order valence-corrected chi connectivity index (χ4v) is 3.61. The van der Waals surface area contributed by atoms with Gasteiger partial charge in [-0.15, -0.1) is 0 Å². The van der Waals surface area contributed by atoms with E-state index in [0.29, 0.717) is 44.0 Å². The van der Waals surface area contributed by atoms with Gasteiger partial charge in [0.15, 0.2) is 0 Å². The van der Waals surface area contributed by atoms with Gasteiger partial charge in [-0.3, -0.25) is 14.9 Å². The normalized spacial score (nSPS) is 14.0. The summed E-state index contributed by atoms with van der Waals surface area (Å²) in [4.78, 5) is 32.2. The Morgan fingerprint density at radius 1 is 1.06 bits per heavy atom. The first kappa shape index (κ1) is 22.0. The van der Waals surface area contributed by atoms with E-state index >= 15 is 0 Å². The molecule has 1 aliphatic rings. The van der Waals surface area contributed by atoms with Crippen molar-refractivity contribution in [1.29, 1.82) is 0 Å². The maximum atomic E-state index is 11.8. The van der Waals surface area contributed by atoms with Crippen molar-refractivity contribution < 1.29 is 24.3 Å². The van der Waals surface area contributed by atoms with Crippen LogP contribution >= 0.6 is 0 Å². The molecule has 0 atom stereocenters. The van der Waals surface area contributed by atoms with Crippen molar-refractivity contribution in [3.05, 3.63) is 76.6 Å². The minimum absolute atomic E-state index is 0.122. The maximum absolute atomic E-state index is 11.8. The number of carboxylic acids is 1. The molecule has 0 spiro atoms. The Labute approximate surface area is 189 Å². The molecule has 1 saturated heterocycles. The number of benzene rings is 2. The zero-order valence-electron chi connectivity index (χ0n) is 17.7. The van der Waals surface area contributed by atoms with Crippen LogP contribution in [-0.4, -0.2) is 39.1 Å². The number of carboxylic acid groups (broad SMARTS) is 1. The minimum Gasteiger partial charge on any atom is -0.489 e. The number of nitro groups is 1. The maximum Gasteiger partial charge on any atom is 0.373 e. The van der Waals surface area contributed by atoms with Crippen molar-refractivity contribution in [2.75, 3.05) is 18.0 Å². The van der Waals surface area contributed by atoms with Crippen LogP contribution in [0.5, 0.6) is 17.4 Å². The predicted molar refractivity (Wildman–Crippen MR) is 119 cm³/mol. The van der Waals surface area contributed by atoms with Crippen molar-refractivity contribution >= 4 is 17.5 Å². The first-order chi connectivity index (χ1) is 16.0. The molecule has 10 heteroatoms. The predicted octanol–water partition coefficient (Wildman–Crippen LogP) is 4.06. The second-order valence-electron chi connectivity index (χ2n) is 7.56. The van der Waals surface area contributed by atoms with Crippen LogP contribution in [0, 0.1) is 16.0 Å². The molecular formula is C23H22N4O6. The van der Waals surface area contributed by atoms with E-state index in [-0.39, 0.29) is 17.4 Å². The zero-order valence-corrected chi connectivity index (χ0v) is 17.7. The van der Waals surface area contributed by atoms with Crippen LogP contribution in [0.15, 0.2) is 60.9 Å². The number of hydrogen-bond acceptors (Lipinski definition) is 8. The molecule has 0 aliphatic carbocycles. The summed E-state index contributed by atoms with van der Waals surface area (Å²) in [6, 6.07) is 16.5. The second-order valence-corrected chi connectivity index (χ2v) is 7.56. The number of aromatic nitrogens is 2. The number of nitrogens with zero attached hydrogens (tertiary/aromatic N) is 4. The third-order valence-corrected chi connectivity index (χ3v) is 5.38. The minimum atomic E-state index is -0.855. The van der Waals surface area contributed by atoms with Gasteiger partial charge in [0.25, 0.3) is 0 Å². The van der Waals surface area contributed by atoms with Gasteiger partial charge in [0.1, 0.15) is 24.4 Å². The van der Waals surface area contributed by atoms with Crippen LogP contribution in [0.25, 0.3) is 0 Å². The van der Waals surface area contributed by atoms with Gasteiger partial charge in [0, 0.05) is 13.1 Å². The highest BCUT2D eigenvalue weighted by Gasteiger charge is 2.32. The van der Waals surface area contributed by atoms with Crippen LogP contribution in [-0.2, 0) is 11.4 Å². The number of anilines is 1. The highest BCUT2D eigenvalue weighted by Crippen LogP contribution is 2.37. The van der Waals surface area contributed by atoms with E-state index < -0.39 is 16.8 Å². The zero-order chi connectivity index (χ0) is 23.2. The first-order valence-corrected chi connectivity index (χ1v) is 10.4. The summed E-state index contributed by atoms with van der Waals surface area (Å²) in [5.41, 5.74) is 0.685. The summed E-state index contributed by atoms with van der Waals surface area (Å²) < 4.78 is 11.5. The molecule has 2 heterocycles.